The normalized spacial score (nSPS) is 17.1. The van der Waals surface area contributed by atoms with E-state index in [-0.39, 0.29) is 0 Å². The fourth-order valence-electron chi connectivity index (χ4n) is 2.62. The minimum atomic E-state index is -3.01. The van der Waals surface area contributed by atoms with Gasteiger partial charge < -0.3 is 19.3 Å². The molecule has 0 fully saturated rings. The lowest BCUT2D eigenvalue weighted by Crippen LogP contribution is -2.17. The third kappa shape index (κ3) is 4.79. The molecule has 2 heterocycles. The van der Waals surface area contributed by atoms with Crippen LogP contribution in [0.15, 0.2) is 47.5 Å². The third-order valence-electron chi connectivity index (χ3n) is 4.01. The van der Waals surface area contributed by atoms with Crippen LogP contribution in [0.2, 0.25) is 0 Å². The van der Waals surface area contributed by atoms with Crippen LogP contribution >= 0.6 is 31.4 Å². The maximum absolute atomic E-state index is 11.1. The van der Waals surface area contributed by atoms with Gasteiger partial charge in [0.25, 0.3) is 0 Å². The molecule has 0 aliphatic carbocycles. The van der Waals surface area contributed by atoms with Crippen LogP contribution in [0.25, 0.3) is 10.2 Å². The molecule has 8 nitrogen and oxygen atoms in total. The number of nitrogens with zero attached hydrogens (tertiary/aromatic N) is 2. The number of thiazole rings is 1. The van der Waals surface area contributed by atoms with Gasteiger partial charge in [-0.1, -0.05) is 12.1 Å². The van der Waals surface area contributed by atoms with Crippen LogP contribution in [0.4, 0.5) is 0 Å². The van der Waals surface area contributed by atoms with Gasteiger partial charge in [0.15, 0.2) is 6.04 Å². The molecular formula is C18H15N2O6PS2. The summed E-state index contributed by atoms with van der Waals surface area (Å²) in [7, 11) is -3.01. The highest BCUT2D eigenvalue weighted by molar-refractivity contribution is 8.15. The van der Waals surface area contributed by atoms with E-state index in [4.69, 9.17) is 19.3 Å². The molecular weight excluding hydrogens is 435 g/mol. The first kappa shape index (κ1) is 19.9. The predicted octanol–water partition coefficient (Wildman–Crippen LogP) is 3.58. The molecule has 2 atom stereocenters. The summed E-state index contributed by atoms with van der Waals surface area (Å²) >= 11 is 2.85. The van der Waals surface area contributed by atoms with Crippen LogP contribution in [0.1, 0.15) is 10.6 Å². The Balaban J connectivity index is 1.45. The second-order valence-electron chi connectivity index (χ2n) is 6.05. The number of thioether (sulfide) groups is 1. The summed E-state index contributed by atoms with van der Waals surface area (Å²) in [6.45, 7) is 0.328. The third-order valence-corrected chi connectivity index (χ3v) is 6.63. The van der Waals surface area contributed by atoms with E-state index in [1.807, 2.05) is 18.2 Å². The number of hydrogen-bond acceptors (Lipinski definition) is 8. The summed E-state index contributed by atoms with van der Waals surface area (Å²) in [6, 6.07) is 11.6. The largest absolute Gasteiger partial charge is 0.489 e. The molecule has 1 aromatic heterocycles. The molecule has 4 rings (SSSR count). The van der Waals surface area contributed by atoms with Gasteiger partial charge in [0.05, 0.1) is 10.2 Å². The number of rotatable bonds is 7. The van der Waals surface area contributed by atoms with Crippen molar-refractivity contribution < 1.29 is 28.6 Å². The smallest absolute Gasteiger partial charge is 0.365 e. The van der Waals surface area contributed by atoms with E-state index in [9.17, 15) is 9.36 Å². The van der Waals surface area contributed by atoms with Gasteiger partial charge >= 0.3 is 14.2 Å². The summed E-state index contributed by atoms with van der Waals surface area (Å²) in [5.74, 6) is 0.512. The van der Waals surface area contributed by atoms with Crippen molar-refractivity contribution in [3.8, 4) is 11.5 Å². The molecule has 0 saturated carbocycles. The van der Waals surface area contributed by atoms with Crippen molar-refractivity contribution in [2.24, 2.45) is 4.99 Å². The number of ether oxygens (including phenoxy) is 1. The Morgan fingerprint density at radius 3 is 2.66 bits per heavy atom. The average Bonchev–Trinajstić information content (AvgIpc) is 3.33. The first-order valence-electron chi connectivity index (χ1n) is 8.45. The highest BCUT2D eigenvalue weighted by Gasteiger charge is 2.26. The Hall–Kier alpha value is -2.39. The lowest BCUT2D eigenvalue weighted by atomic mass is 10.2. The van der Waals surface area contributed by atoms with Crippen LogP contribution in [0.3, 0.4) is 0 Å². The molecule has 3 aromatic rings. The Bertz CT molecular complexity index is 1120. The Morgan fingerprint density at radius 1 is 1.21 bits per heavy atom. The van der Waals surface area contributed by atoms with Crippen molar-refractivity contribution in [3.63, 3.8) is 0 Å². The number of carboxylic acid groups (broad SMARTS) is 1. The summed E-state index contributed by atoms with van der Waals surface area (Å²) < 4.78 is 22.2. The van der Waals surface area contributed by atoms with Gasteiger partial charge in [0.1, 0.15) is 28.2 Å². The fraction of sp³-hybridized carbons (Fsp3) is 0.167. The van der Waals surface area contributed by atoms with E-state index in [0.717, 1.165) is 15.8 Å². The van der Waals surface area contributed by atoms with Gasteiger partial charge in [-0.3, -0.25) is 4.99 Å². The maximum atomic E-state index is 11.1. The molecule has 0 amide bonds. The number of carboxylic acids is 1. The highest BCUT2D eigenvalue weighted by atomic mass is 32.2. The Kier molecular flexibility index (Phi) is 5.86. The fourth-order valence-corrected chi connectivity index (χ4v) is 5.05. The molecule has 0 saturated heterocycles. The van der Waals surface area contributed by atoms with Crippen molar-refractivity contribution in [2.75, 3.05) is 5.75 Å². The van der Waals surface area contributed by atoms with Crippen molar-refractivity contribution in [1.82, 2.24) is 4.98 Å². The number of aliphatic carboxylic acids is 1. The molecule has 2 aromatic carbocycles. The van der Waals surface area contributed by atoms with Gasteiger partial charge in [-0.05, 0) is 35.9 Å². The molecule has 150 valence electrons. The summed E-state index contributed by atoms with van der Waals surface area (Å²) in [4.78, 5) is 28.6. The van der Waals surface area contributed by atoms with Crippen LogP contribution in [0.5, 0.6) is 11.5 Å². The number of hydrogen-bond donors (Lipinski definition) is 2. The summed E-state index contributed by atoms with van der Waals surface area (Å²) in [5.41, 5.74) is 1.69. The zero-order valence-electron chi connectivity index (χ0n) is 14.8. The van der Waals surface area contributed by atoms with Crippen molar-refractivity contribution in [2.45, 2.75) is 12.6 Å². The highest BCUT2D eigenvalue weighted by Crippen LogP contribution is 2.32. The molecule has 0 spiro atoms. The lowest BCUT2D eigenvalue weighted by Gasteiger charge is -2.07. The number of benzene rings is 2. The van der Waals surface area contributed by atoms with Crippen molar-refractivity contribution in [3.05, 3.63) is 53.0 Å². The van der Waals surface area contributed by atoms with Gasteiger partial charge in [-0.2, -0.15) is 0 Å². The van der Waals surface area contributed by atoms with Crippen LogP contribution < -0.4 is 9.26 Å². The minimum absolute atomic E-state index is 0.328. The van der Waals surface area contributed by atoms with Gasteiger partial charge in [-0.25, -0.2) is 14.3 Å². The van der Waals surface area contributed by atoms with Crippen LogP contribution in [-0.2, 0) is 16.0 Å². The number of fused-ring (bicyclic) bond motifs is 1. The average molecular weight is 450 g/mol. The Morgan fingerprint density at radius 2 is 1.97 bits per heavy atom. The maximum Gasteiger partial charge on any atom is 0.365 e. The minimum Gasteiger partial charge on any atom is -0.489 e. The summed E-state index contributed by atoms with van der Waals surface area (Å²) in [5, 5.41) is 10.4. The van der Waals surface area contributed by atoms with E-state index in [2.05, 4.69) is 9.98 Å². The van der Waals surface area contributed by atoms with Gasteiger partial charge in [0, 0.05) is 5.75 Å². The molecule has 1 aliphatic heterocycles. The second kappa shape index (κ2) is 8.54. The van der Waals surface area contributed by atoms with Crippen molar-refractivity contribution in [1.29, 1.82) is 0 Å². The molecule has 11 heteroatoms. The van der Waals surface area contributed by atoms with Crippen molar-refractivity contribution >= 4 is 52.6 Å². The predicted molar refractivity (Wildman–Crippen MR) is 113 cm³/mol. The zero-order valence-corrected chi connectivity index (χ0v) is 17.4. The first-order chi connectivity index (χ1) is 14.0. The topological polar surface area (TPSA) is 118 Å². The molecule has 29 heavy (non-hydrogen) atoms. The van der Waals surface area contributed by atoms with E-state index in [1.165, 1.54) is 23.1 Å². The summed E-state index contributed by atoms with van der Waals surface area (Å²) in [6.07, 6.45) is 0. The number of aliphatic imine (C=N–C) groups is 1. The van der Waals surface area contributed by atoms with E-state index >= 15 is 0 Å². The molecule has 1 unspecified atom stereocenters. The molecule has 0 radical (unpaired) electrons. The van der Waals surface area contributed by atoms with Gasteiger partial charge in [-0.15, -0.1) is 23.1 Å². The molecule has 0 bridgehead atoms. The quantitative estimate of drug-likeness (QED) is 0.525. The first-order valence-corrected chi connectivity index (χ1v) is 11.5. The number of aromatic nitrogens is 1. The number of carbonyl (C=O) groups is 1. The zero-order chi connectivity index (χ0) is 20.4. The Labute approximate surface area is 174 Å². The van der Waals surface area contributed by atoms with E-state index in [1.54, 1.807) is 24.3 Å². The van der Waals surface area contributed by atoms with Gasteiger partial charge in [0.2, 0.25) is 0 Å². The second-order valence-corrected chi connectivity index (χ2v) is 8.82. The molecule has 1 aliphatic rings. The van der Waals surface area contributed by atoms with E-state index in [0.29, 0.717) is 33.9 Å². The van der Waals surface area contributed by atoms with Crippen LogP contribution in [0, 0.1) is 0 Å². The van der Waals surface area contributed by atoms with Crippen LogP contribution in [-0.4, -0.2) is 37.8 Å². The standard InChI is InChI=1S/C18H15N2O6PS2/c21-18(22)14-9-28-16(20-14)17-19-13-6-5-12(7-15(13)29-17)25-8-10-1-3-11(4-2-10)26-27(23)24/h1-7,14,27H,8-9H2,(H,21,22)(H,23,24)/t14-/m1/s1. The SMILES string of the molecule is O=C(O)[C@H]1CSC(c2nc3ccc(OCc4ccc(O[PH](=O)O)cc4)cc3s2)=N1. The molecule has 2 N–H and O–H groups in total. The lowest BCUT2D eigenvalue weighted by molar-refractivity contribution is -0.137. The van der Waals surface area contributed by atoms with E-state index < -0.39 is 20.3 Å². The monoisotopic (exact) mass is 450 g/mol.